The number of piperidine rings is 1. The Kier molecular flexibility index (Phi) is 6.65. The second-order valence-corrected chi connectivity index (χ2v) is 10.5. The Morgan fingerprint density at radius 3 is 2.42 bits per heavy atom. The minimum absolute atomic E-state index is 0.159. The molecule has 2 amide bonds. The van der Waals surface area contributed by atoms with E-state index >= 15 is 0 Å². The molecular weight excluding hydrogens is 430 g/mol. The van der Waals surface area contributed by atoms with E-state index in [0.29, 0.717) is 12.3 Å². The SMILES string of the molecule is O=C(Cc1ccsc1)N1CCC2(CC1)C[C@@H]2C(=O)N1CCN(C/C=C/c2ccccc2)CC1. The van der Waals surface area contributed by atoms with Gasteiger partial charge in [0.25, 0.3) is 0 Å². The fourth-order valence-corrected chi connectivity index (χ4v) is 6.07. The van der Waals surface area contributed by atoms with Crippen LogP contribution in [-0.4, -0.2) is 72.3 Å². The molecule has 1 saturated carbocycles. The molecule has 0 radical (unpaired) electrons. The number of carbonyl (C=O) groups is 2. The van der Waals surface area contributed by atoms with Crippen molar-refractivity contribution < 1.29 is 9.59 Å². The van der Waals surface area contributed by atoms with Gasteiger partial charge >= 0.3 is 0 Å². The zero-order valence-corrected chi connectivity index (χ0v) is 20.0. The number of nitrogens with zero attached hydrogens (tertiary/aromatic N) is 3. The van der Waals surface area contributed by atoms with Crippen molar-refractivity contribution in [3.63, 3.8) is 0 Å². The summed E-state index contributed by atoms with van der Waals surface area (Å²) in [5, 5.41) is 4.08. The lowest BCUT2D eigenvalue weighted by molar-refractivity contribution is -0.135. The van der Waals surface area contributed by atoms with Gasteiger partial charge in [0.15, 0.2) is 0 Å². The van der Waals surface area contributed by atoms with Crippen molar-refractivity contribution in [3.8, 4) is 0 Å². The maximum absolute atomic E-state index is 13.2. The van der Waals surface area contributed by atoms with Crippen LogP contribution in [0, 0.1) is 11.3 Å². The molecule has 2 aromatic rings. The van der Waals surface area contributed by atoms with Crippen molar-refractivity contribution in [1.82, 2.24) is 14.7 Å². The van der Waals surface area contributed by atoms with Crippen LogP contribution in [-0.2, 0) is 16.0 Å². The number of hydrogen-bond acceptors (Lipinski definition) is 4. The van der Waals surface area contributed by atoms with Crippen molar-refractivity contribution in [2.75, 3.05) is 45.8 Å². The first-order valence-electron chi connectivity index (χ1n) is 12.1. The number of thiophene rings is 1. The topological polar surface area (TPSA) is 43.9 Å². The summed E-state index contributed by atoms with van der Waals surface area (Å²) >= 11 is 1.64. The molecule has 1 spiro atoms. The average molecular weight is 464 g/mol. The van der Waals surface area contributed by atoms with Gasteiger partial charge in [-0.05, 0) is 52.6 Å². The summed E-state index contributed by atoms with van der Waals surface area (Å²) in [5.41, 5.74) is 2.50. The largest absolute Gasteiger partial charge is 0.342 e. The lowest BCUT2D eigenvalue weighted by atomic mass is 9.90. The molecule has 5 nitrogen and oxygen atoms in total. The number of hydrogen-bond donors (Lipinski definition) is 0. The smallest absolute Gasteiger partial charge is 0.227 e. The molecule has 0 bridgehead atoms. The zero-order chi connectivity index (χ0) is 22.7. The molecule has 3 aliphatic rings. The van der Waals surface area contributed by atoms with E-state index in [1.807, 2.05) is 22.4 Å². The van der Waals surface area contributed by atoms with Crippen molar-refractivity contribution in [2.24, 2.45) is 11.3 Å². The van der Waals surface area contributed by atoms with Crippen LogP contribution < -0.4 is 0 Å². The molecule has 1 atom stereocenters. The summed E-state index contributed by atoms with van der Waals surface area (Å²) < 4.78 is 0. The van der Waals surface area contributed by atoms with Gasteiger partial charge in [-0.1, -0.05) is 42.5 Å². The predicted molar refractivity (Wildman–Crippen MR) is 133 cm³/mol. The van der Waals surface area contributed by atoms with E-state index in [2.05, 4.69) is 51.6 Å². The second-order valence-electron chi connectivity index (χ2n) is 9.75. The quantitative estimate of drug-likeness (QED) is 0.655. The van der Waals surface area contributed by atoms with Gasteiger partial charge < -0.3 is 9.80 Å². The number of rotatable bonds is 6. The molecule has 174 valence electrons. The highest BCUT2D eigenvalue weighted by molar-refractivity contribution is 7.08. The number of piperazine rings is 1. The second kappa shape index (κ2) is 9.82. The normalized spacial score (nSPS) is 22.7. The van der Waals surface area contributed by atoms with Gasteiger partial charge in [-0.25, -0.2) is 0 Å². The fourth-order valence-electron chi connectivity index (χ4n) is 5.40. The van der Waals surface area contributed by atoms with Gasteiger partial charge in [0.05, 0.1) is 6.42 Å². The van der Waals surface area contributed by atoms with Crippen LogP contribution in [0.1, 0.15) is 30.4 Å². The first kappa shape index (κ1) is 22.4. The summed E-state index contributed by atoms with van der Waals surface area (Å²) in [6, 6.07) is 12.4. The molecule has 0 unspecified atom stereocenters. The molecule has 3 heterocycles. The van der Waals surface area contributed by atoms with Crippen LogP contribution in [0.15, 0.2) is 53.2 Å². The number of carbonyl (C=O) groups excluding carboxylic acids is 2. The van der Waals surface area contributed by atoms with E-state index < -0.39 is 0 Å². The molecular formula is C27H33N3O2S. The van der Waals surface area contributed by atoms with E-state index in [9.17, 15) is 9.59 Å². The van der Waals surface area contributed by atoms with Crippen molar-refractivity contribution in [1.29, 1.82) is 0 Å². The highest BCUT2D eigenvalue weighted by Gasteiger charge is 2.59. The van der Waals surface area contributed by atoms with Crippen LogP contribution >= 0.6 is 11.3 Å². The summed E-state index contributed by atoms with van der Waals surface area (Å²) in [6.07, 6.45) is 7.85. The van der Waals surface area contributed by atoms with Gasteiger partial charge in [0, 0.05) is 51.7 Å². The number of benzene rings is 1. The molecule has 3 fully saturated rings. The highest BCUT2D eigenvalue weighted by Crippen LogP contribution is 2.60. The minimum atomic E-state index is 0.159. The van der Waals surface area contributed by atoms with Crippen LogP contribution in [0.3, 0.4) is 0 Å². The van der Waals surface area contributed by atoms with Gasteiger partial charge in [0.1, 0.15) is 0 Å². The summed E-state index contributed by atoms with van der Waals surface area (Å²) in [7, 11) is 0. The average Bonchev–Trinajstić information content (AvgIpc) is 3.28. The van der Waals surface area contributed by atoms with Crippen molar-refractivity contribution >= 4 is 29.2 Å². The summed E-state index contributed by atoms with van der Waals surface area (Å²) in [6.45, 7) is 6.07. The Morgan fingerprint density at radius 2 is 1.73 bits per heavy atom. The molecule has 33 heavy (non-hydrogen) atoms. The van der Waals surface area contributed by atoms with Gasteiger partial charge in [0.2, 0.25) is 11.8 Å². The monoisotopic (exact) mass is 463 g/mol. The minimum Gasteiger partial charge on any atom is -0.342 e. The van der Waals surface area contributed by atoms with Gasteiger partial charge in [-0.2, -0.15) is 11.3 Å². The molecule has 1 aliphatic carbocycles. The van der Waals surface area contributed by atoms with Gasteiger partial charge in [-0.3, -0.25) is 14.5 Å². The first-order valence-corrected chi connectivity index (χ1v) is 13.1. The van der Waals surface area contributed by atoms with E-state index in [-0.39, 0.29) is 17.2 Å². The van der Waals surface area contributed by atoms with Gasteiger partial charge in [-0.15, -0.1) is 0 Å². The van der Waals surface area contributed by atoms with E-state index in [1.165, 1.54) is 5.56 Å². The molecule has 1 aromatic carbocycles. The first-order chi connectivity index (χ1) is 16.1. The third-order valence-corrected chi connectivity index (χ3v) is 8.42. The molecule has 1 aromatic heterocycles. The van der Waals surface area contributed by atoms with E-state index in [0.717, 1.165) is 70.6 Å². The molecule has 6 heteroatoms. The Labute approximate surface area is 200 Å². The van der Waals surface area contributed by atoms with Crippen LogP contribution in [0.25, 0.3) is 6.08 Å². The fraction of sp³-hybridized carbons (Fsp3) is 0.481. The summed E-state index contributed by atoms with van der Waals surface area (Å²) in [4.78, 5) is 32.3. The Balaban J connectivity index is 1.04. The maximum Gasteiger partial charge on any atom is 0.227 e. The lowest BCUT2D eigenvalue weighted by Crippen LogP contribution is -2.49. The van der Waals surface area contributed by atoms with Crippen LogP contribution in [0.5, 0.6) is 0 Å². The lowest BCUT2D eigenvalue weighted by Gasteiger charge is -2.36. The standard InChI is InChI=1S/C27H33N3O2S/c31-25(19-23-8-18-33-21-23)29-12-9-27(10-13-29)20-24(27)26(32)30-16-14-28(15-17-30)11-4-7-22-5-2-1-3-6-22/h1-8,18,21,24H,9-17,19-20H2/b7-4+/t24-/m1/s1. The molecule has 2 saturated heterocycles. The van der Waals surface area contributed by atoms with Crippen LogP contribution in [0.4, 0.5) is 0 Å². The Bertz CT molecular complexity index is 972. The Morgan fingerprint density at radius 1 is 0.970 bits per heavy atom. The predicted octanol–water partition coefficient (Wildman–Crippen LogP) is 3.78. The maximum atomic E-state index is 13.2. The molecule has 2 aliphatic heterocycles. The van der Waals surface area contributed by atoms with Crippen molar-refractivity contribution in [2.45, 2.75) is 25.7 Å². The summed E-state index contributed by atoms with van der Waals surface area (Å²) in [5.74, 6) is 0.757. The van der Waals surface area contributed by atoms with E-state index in [4.69, 9.17) is 0 Å². The van der Waals surface area contributed by atoms with Crippen molar-refractivity contribution in [3.05, 3.63) is 64.4 Å². The number of likely N-dealkylation sites (tertiary alicyclic amines) is 1. The number of amides is 2. The zero-order valence-electron chi connectivity index (χ0n) is 19.2. The van der Waals surface area contributed by atoms with E-state index in [1.54, 1.807) is 11.3 Å². The third kappa shape index (κ3) is 5.22. The highest BCUT2D eigenvalue weighted by atomic mass is 32.1. The molecule has 0 N–H and O–H groups in total. The third-order valence-electron chi connectivity index (χ3n) is 7.69. The molecule has 5 rings (SSSR count). The Hall–Kier alpha value is -2.44. The van der Waals surface area contributed by atoms with Crippen LogP contribution in [0.2, 0.25) is 0 Å².